The molecule has 6 nitrogen and oxygen atoms in total. The van der Waals surface area contributed by atoms with Gasteiger partial charge in [-0.3, -0.25) is 9.59 Å². The molecule has 2 aromatic carbocycles. The highest BCUT2D eigenvalue weighted by atomic mass is 16.5. The predicted molar refractivity (Wildman–Crippen MR) is 93.6 cm³/mol. The number of amides is 1. The monoisotopic (exact) mass is 343 g/mol. The van der Waals surface area contributed by atoms with Gasteiger partial charge in [-0.1, -0.05) is 30.3 Å². The molecule has 2 aromatic rings. The van der Waals surface area contributed by atoms with Gasteiger partial charge in [0.25, 0.3) is 5.91 Å². The van der Waals surface area contributed by atoms with Gasteiger partial charge in [-0.05, 0) is 36.2 Å². The molecule has 25 heavy (non-hydrogen) atoms. The summed E-state index contributed by atoms with van der Waals surface area (Å²) in [7, 11) is 1.49. The number of carbonyl (C=O) groups is 2. The Morgan fingerprint density at radius 3 is 2.36 bits per heavy atom. The molecule has 2 rings (SSSR count). The van der Waals surface area contributed by atoms with Crippen LogP contribution in [0.5, 0.6) is 5.75 Å². The van der Waals surface area contributed by atoms with E-state index in [0.29, 0.717) is 24.5 Å². The molecule has 132 valence electrons. The Hall–Kier alpha value is -2.86. The average Bonchev–Trinajstić information content (AvgIpc) is 2.61. The zero-order valence-corrected chi connectivity index (χ0v) is 14.0. The van der Waals surface area contributed by atoms with Gasteiger partial charge in [0.05, 0.1) is 6.61 Å². The summed E-state index contributed by atoms with van der Waals surface area (Å²) in [5.74, 6) is -0.480. The van der Waals surface area contributed by atoms with Gasteiger partial charge in [0.2, 0.25) is 0 Å². The molecular weight excluding hydrogens is 322 g/mol. The van der Waals surface area contributed by atoms with Crippen molar-refractivity contribution < 1.29 is 24.2 Å². The summed E-state index contributed by atoms with van der Waals surface area (Å²) in [6.45, 7) is 0.331. The Bertz CT molecular complexity index is 685. The van der Waals surface area contributed by atoms with E-state index in [4.69, 9.17) is 14.6 Å². The fraction of sp³-hybridized carbons (Fsp3) is 0.263. The van der Waals surface area contributed by atoms with Crippen molar-refractivity contribution in [3.63, 3.8) is 0 Å². The van der Waals surface area contributed by atoms with Crippen LogP contribution < -0.4 is 10.1 Å². The van der Waals surface area contributed by atoms with Gasteiger partial charge < -0.3 is 19.9 Å². The summed E-state index contributed by atoms with van der Waals surface area (Å²) in [6, 6.07) is 16.1. The Morgan fingerprint density at radius 2 is 1.76 bits per heavy atom. The highest BCUT2D eigenvalue weighted by molar-refractivity contribution is 5.94. The van der Waals surface area contributed by atoms with E-state index in [1.807, 2.05) is 30.3 Å². The number of methoxy groups -OCH3 is 1. The quantitative estimate of drug-likeness (QED) is 0.683. The third-order valence-corrected chi connectivity index (χ3v) is 3.50. The molecule has 1 atom stereocenters. The summed E-state index contributed by atoms with van der Waals surface area (Å²) < 4.78 is 10.7. The summed E-state index contributed by atoms with van der Waals surface area (Å²) >= 11 is 0. The van der Waals surface area contributed by atoms with Gasteiger partial charge in [0.15, 0.2) is 6.10 Å². The van der Waals surface area contributed by atoms with Gasteiger partial charge in [0.1, 0.15) is 5.75 Å². The molecule has 0 unspecified atom stereocenters. The predicted octanol–water partition coefficient (Wildman–Crippen LogP) is 3.26. The van der Waals surface area contributed by atoms with Crippen molar-refractivity contribution in [1.29, 1.82) is 0 Å². The summed E-state index contributed by atoms with van der Waals surface area (Å²) in [5, 5.41) is 11.4. The SMILES string of the molecule is CO[C@@H](C(=O)Nc1ccc(OCCCC(=O)O)cc1)c1ccccc1. The molecule has 0 aliphatic heterocycles. The number of anilines is 1. The summed E-state index contributed by atoms with van der Waals surface area (Å²) in [6.07, 6.45) is -0.167. The first-order valence-electron chi connectivity index (χ1n) is 7.93. The van der Waals surface area contributed by atoms with Crippen molar-refractivity contribution in [3.8, 4) is 5.75 Å². The number of hydrogen-bond donors (Lipinski definition) is 2. The molecule has 2 N–H and O–H groups in total. The number of ether oxygens (including phenoxy) is 2. The first kappa shape index (κ1) is 18.5. The van der Waals surface area contributed by atoms with Crippen LogP contribution in [0.25, 0.3) is 0 Å². The minimum atomic E-state index is -0.840. The van der Waals surface area contributed by atoms with Gasteiger partial charge in [-0.2, -0.15) is 0 Å². The van der Waals surface area contributed by atoms with Gasteiger partial charge >= 0.3 is 5.97 Å². The van der Waals surface area contributed by atoms with Crippen LogP contribution in [0.1, 0.15) is 24.5 Å². The molecule has 0 saturated carbocycles. The Kier molecular flexibility index (Phi) is 6.98. The normalized spacial score (nSPS) is 11.6. The number of carbonyl (C=O) groups excluding carboxylic acids is 1. The molecule has 1 amide bonds. The van der Waals surface area contributed by atoms with Crippen LogP contribution in [-0.4, -0.2) is 30.7 Å². The van der Waals surface area contributed by atoms with E-state index in [2.05, 4.69) is 5.32 Å². The first-order valence-corrected chi connectivity index (χ1v) is 7.93. The lowest BCUT2D eigenvalue weighted by molar-refractivity contribution is -0.137. The smallest absolute Gasteiger partial charge is 0.303 e. The molecule has 0 radical (unpaired) electrons. The molecule has 0 fully saturated rings. The average molecular weight is 343 g/mol. The second-order valence-electron chi connectivity index (χ2n) is 5.39. The molecular formula is C19H21NO5. The van der Waals surface area contributed by atoms with Crippen LogP contribution in [0.2, 0.25) is 0 Å². The minimum absolute atomic E-state index is 0.0754. The molecule has 6 heteroatoms. The van der Waals surface area contributed by atoms with Crippen molar-refractivity contribution in [2.24, 2.45) is 0 Å². The van der Waals surface area contributed by atoms with Crippen LogP contribution in [0, 0.1) is 0 Å². The van der Waals surface area contributed by atoms with Crippen LogP contribution >= 0.6 is 0 Å². The summed E-state index contributed by atoms with van der Waals surface area (Å²) in [4.78, 5) is 22.8. The third-order valence-electron chi connectivity index (χ3n) is 3.50. The molecule has 0 heterocycles. The maximum atomic E-state index is 12.4. The van der Waals surface area contributed by atoms with E-state index in [9.17, 15) is 9.59 Å². The van der Waals surface area contributed by atoms with Crippen LogP contribution in [0.15, 0.2) is 54.6 Å². The Balaban J connectivity index is 1.89. The van der Waals surface area contributed by atoms with E-state index < -0.39 is 12.1 Å². The van der Waals surface area contributed by atoms with Gasteiger partial charge in [-0.25, -0.2) is 0 Å². The lowest BCUT2D eigenvalue weighted by Crippen LogP contribution is -2.22. The largest absolute Gasteiger partial charge is 0.494 e. The maximum Gasteiger partial charge on any atom is 0.303 e. The van der Waals surface area contributed by atoms with E-state index >= 15 is 0 Å². The van der Waals surface area contributed by atoms with E-state index in [0.717, 1.165) is 5.56 Å². The van der Waals surface area contributed by atoms with Crippen molar-refractivity contribution in [3.05, 3.63) is 60.2 Å². The number of aliphatic carboxylic acids is 1. The zero-order valence-electron chi connectivity index (χ0n) is 14.0. The molecule has 0 spiro atoms. The van der Waals surface area contributed by atoms with Gasteiger partial charge in [-0.15, -0.1) is 0 Å². The number of benzene rings is 2. The second kappa shape index (κ2) is 9.44. The number of rotatable bonds is 9. The van der Waals surface area contributed by atoms with Crippen molar-refractivity contribution in [2.45, 2.75) is 18.9 Å². The van der Waals surface area contributed by atoms with E-state index in [1.54, 1.807) is 24.3 Å². The number of nitrogens with one attached hydrogen (secondary N) is 1. The second-order valence-corrected chi connectivity index (χ2v) is 5.39. The zero-order chi connectivity index (χ0) is 18.1. The first-order chi connectivity index (χ1) is 12.1. The lowest BCUT2D eigenvalue weighted by Gasteiger charge is -2.16. The summed E-state index contributed by atoms with van der Waals surface area (Å²) in [5.41, 5.74) is 1.40. The lowest BCUT2D eigenvalue weighted by atomic mass is 10.1. The highest BCUT2D eigenvalue weighted by Crippen LogP contribution is 2.21. The Morgan fingerprint density at radius 1 is 1.08 bits per heavy atom. The maximum absolute atomic E-state index is 12.4. The van der Waals surface area contributed by atoms with Crippen LogP contribution in [-0.2, 0) is 14.3 Å². The van der Waals surface area contributed by atoms with Crippen LogP contribution in [0.3, 0.4) is 0 Å². The molecule has 0 bridgehead atoms. The topological polar surface area (TPSA) is 84.9 Å². The van der Waals surface area contributed by atoms with Gasteiger partial charge in [0, 0.05) is 19.2 Å². The van der Waals surface area contributed by atoms with E-state index in [1.165, 1.54) is 7.11 Å². The van der Waals surface area contributed by atoms with Crippen molar-refractivity contribution in [1.82, 2.24) is 0 Å². The number of carboxylic acids is 1. The molecule has 0 aliphatic rings. The number of carboxylic acid groups (broad SMARTS) is 1. The molecule has 0 saturated heterocycles. The third kappa shape index (κ3) is 5.93. The minimum Gasteiger partial charge on any atom is -0.494 e. The number of hydrogen-bond acceptors (Lipinski definition) is 4. The van der Waals surface area contributed by atoms with Crippen LogP contribution in [0.4, 0.5) is 5.69 Å². The Labute approximate surface area is 146 Å². The highest BCUT2D eigenvalue weighted by Gasteiger charge is 2.19. The molecule has 0 aromatic heterocycles. The fourth-order valence-corrected chi connectivity index (χ4v) is 2.28. The van der Waals surface area contributed by atoms with Crippen molar-refractivity contribution >= 4 is 17.6 Å². The molecule has 0 aliphatic carbocycles. The van der Waals surface area contributed by atoms with Crippen molar-refractivity contribution in [2.75, 3.05) is 19.0 Å². The van der Waals surface area contributed by atoms with E-state index in [-0.39, 0.29) is 12.3 Å². The standard InChI is InChI=1S/C19H21NO5/c1-24-18(14-6-3-2-4-7-14)19(23)20-15-9-11-16(12-10-15)25-13-5-8-17(21)22/h2-4,6-7,9-12,18H,5,8,13H2,1H3,(H,20,23)(H,21,22)/t18-/m1/s1. The fourth-order valence-electron chi connectivity index (χ4n) is 2.28.